The minimum atomic E-state index is 0.859. The number of aromatic nitrogens is 2. The van der Waals surface area contributed by atoms with Gasteiger partial charge in [-0.3, -0.25) is 0 Å². The Labute approximate surface area is 148 Å². The van der Waals surface area contributed by atoms with E-state index in [0.29, 0.717) is 0 Å². The molecule has 2 aromatic heterocycles. The lowest BCUT2D eigenvalue weighted by molar-refractivity contribution is 0.949. The van der Waals surface area contributed by atoms with E-state index >= 15 is 0 Å². The summed E-state index contributed by atoms with van der Waals surface area (Å²) in [4.78, 5) is 4.53. The van der Waals surface area contributed by atoms with E-state index < -0.39 is 0 Å². The van der Waals surface area contributed by atoms with Gasteiger partial charge in [0.25, 0.3) is 0 Å². The zero-order valence-corrected chi connectivity index (χ0v) is 15.0. The minimum absolute atomic E-state index is 0.859. The smallest absolute Gasteiger partial charge is 0.139 e. The first-order valence-electron chi connectivity index (χ1n) is 7.89. The first-order valence-corrected chi connectivity index (χ1v) is 8.41. The zero-order chi connectivity index (χ0) is 17.1. The highest BCUT2D eigenvalue weighted by Crippen LogP contribution is 2.30. The third-order valence-electron chi connectivity index (χ3n) is 4.07. The van der Waals surface area contributed by atoms with Gasteiger partial charge in [0.2, 0.25) is 0 Å². The molecule has 0 aliphatic rings. The van der Waals surface area contributed by atoms with Crippen LogP contribution in [-0.4, -0.2) is 9.55 Å². The van der Waals surface area contributed by atoms with E-state index in [1.807, 2.05) is 30.7 Å². The number of fused-ring (bicyclic) bond motifs is 1. The van der Waals surface area contributed by atoms with Crippen LogP contribution in [-0.2, 0) is 7.05 Å². The maximum atomic E-state index is 4.53. The SMILES string of the molecule is C/C=C\C(=C/S)c1cc2c(Nc3ccc(C)cc3)nccc2n1C. The van der Waals surface area contributed by atoms with Crippen molar-refractivity contribution in [2.24, 2.45) is 7.05 Å². The van der Waals surface area contributed by atoms with Crippen molar-refractivity contribution in [1.82, 2.24) is 9.55 Å². The molecule has 1 aromatic carbocycles. The van der Waals surface area contributed by atoms with Gasteiger partial charge in [-0.1, -0.05) is 29.8 Å². The normalized spacial score (nSPS) is 12.2. The number of thiol groups is 1. The van der Waals surface area contributed by atoms with Crippen LogP contribution in [0.3, 0.4) is 0 Å². The molecule has 0 unspecified atom stereocenters. The quantitative estimate of drug-likeness (QED) is 0.489. The predicted molar refractivity (Wildman–Crippen MR) is 107 cm³/mol. The molecule has 0 aliphatic carbocycles. The predicted octanol–water partition coefficient (Wildman–Crippen LogP) is 5.47. The monoisotopic (exact) mass is 335 g/mol. The Kier molecular flexibility index (Phi) is 4.76. The Morgan fingerprint density at radius 1 is 1.21 bits per heavy atom. The Balaban J connectivity index is 2.08. The molecule has 0 aliphatic heterocycles. The van der Waals surface area contributed by atoms with Crippen molar-refractivity contribution >= 4 is 40.6 Å². The molecule has 0 saturated carbocycles. The number of allylic oxidation sites excluding steroid dienone is 3. The molecule has 0 radical (unpaired) electrons. The number of anilines is 2. The molecule has 0 atom stereocenters. The van der Waals surface area contributed by atoms with E-state index in [4.69, 9.17) is 0 Å². The minimum Gasteiger partial charge on any atom is -0.343 e. The Bertz CT molecular complexity index is 918. The van der Waals surface area contributed by atoms with Gasteiger partial charge in [0, 0.05) is 35.6 Å². The fourth-order valence-electron chi connectivity index (χ4n) is 2.79. The van der Waals surface area contributed by atoms with Crippen molar-refractivity contribution in [2.45, 2.75) is 13.8 Å². The van der Waals surface area contributed by atoms with E-state index in [2.05, 4.69) is 77.9 Å². The van der Waals surface area contributed by atoms with Crippen LogP contribution < -0.4 is 5.32 Å². The van der Waals surface area contributed by atoms with Crippen LogP contribution in [0.15, 0.2) is 60.2 Å². The highest BCUT2D eigenvalue weighted by molar-refractivity contribution is 7.83. The number of nitrogens with one attached hydrogen (secondary N) is 1. The fraction of sp³-hybridized carbons (Fsp3) is 0.150. The van der Waals surface area contributed by atoms with Crippen LogP contribution >= 0.6 is 12.6 Å². The summed E-state index contributed by atoms with van der Waals surface area (Å²) in [6, 6.07) is 12.5. The van der Waals surface area contributed by atoms with Gasteiger partial charge in [-0.25, -0.2) is 4.98 Å². The molecule has 0 saturated heterocycles. The number of aryl methyl sites for hydroxylation is 2. The van der Waals surface area contributed by atoms with E-state index in [-0.39, 0.29) is 0 Å². The number of benzene rings is 1. The molecule has 1 N–H and O–H groups in total. The average Bonchev–Trinajstić information content (AvgIpc) is 2.93. The lowest BCUT2D eigenvalue weighted by Gasteiger charge is -2.07. The van der Waals surface area contributed by atoms with Crippen LogP contribution in [0.4, 0.5) is 11.5 Å². The first-order chi connectivity index (χ1) is 11.6. The summed E-state index contributed by atoms with van der Waals surface area (Å²) in [7, 11) is 2.06. The molecule has 122 valence electrons. The average molecular weight is 335 g/mol. The summed E-state index contributed by atoms with van der Waals surface area (Å²) in [6.45, 7) is 4.09. The van der Waals surface area contributed by atoms with Crippen LogP contribution in [0.2, 0.25) is 0 Å². The standard InChI is InChI=1S/C20H21N3S/c1-4-5-15(13-24)19-12-17-18(23(19)3)10-11-21-20(17)22-16-8-6-14(2)7-9-16/h4-13,24H,1-3H3,(H,21,22)/b5-4-,15-13+. The molecule has 3 rings (SSSR count). The van der Waals surface area contributed by atoms with Gasteiger partial charge in [0.1, 0.15) is 5.82 Å². The number of hydrogen-bond acceptors (Lipinski definition) is 3. The van der Waals surface area contributed by atoms with Gasteiger partial charge in [-0.05, 0) is 43.5 Å². The number of pyridine rings is 1. The molecular formula is C20H21N3S. The second kappa shape index (κ2) is 6.97. The molecular weight excluding hydrogens is 314 g/mol. The van der Waals surface area contributed by atoms with Gasteiger partial charge in [0.15, 0.2) is 0 Å². The summed E-state index contributed by atoms with van der Waals surface area (Å²) in [6.07, 6.45) is 5.91. The number of nitrogens with zero attached hydrogens (tertiary/aromatic N) is 2. The second-order valence-electron chi connectivity index (χ2n) is 5.76. The first kappa shape index (κ1) is 16.4. The van der Waals surface area contributed by atoms with E-state index in [1.165, 1.54) is 5.56 Å². The topological polar surface area (TPSA) is 29.9 Å². The van der Waals surface area contributed by atoms with Gasteiger partial charge < -0.3 is 9.88 Å². The lowest BCUT2D eigenvalue weighted by atomic mass is 10.2. The third-order valence-corrected chi connectivity index (χ3v) is 4.34. The van der Waals surface area contributed by atoms with Gasteiger partial charge in [0.05, 0.1) is 5.52 Å². The van der Waals surface area contributed by atoms with E-state index in [1.54, 1.807) is 0 Å². The van der Waals surface area contributed by atoms with Crippen LogP contribution in [0, 0.1) is 6.92 Å². The Hall–Kier alpha value is -2.46. The van der Waals surface area contributed by atoms with Gasteiger partial charge in [-0.2, -0.15) is 12.6 Å². The molecule has 0 bridgehead atoms. The van der Waals surface area contributed by atoms with E-state index in [0.717, 1.165) is 33.7 Å². The van der Waals surface area contributed by atoms with Crippen molar-refractivity contribution < 1.29 is 0 Å². The lowest BCUT2D eigenvalue weighted by Crippen LogP contribution is -1.95. The fourth-order valence-corrected chi connectivity index (χ4v) is 3.00. The van der Waals surface area contributed by atoms with Crippen LogP contribution in [0.5, 0.6) is 0 Å². The van der Waals surface area contributed by atoms with Crippen molar-refractivity contribution in [1.29, 1.82) is 0 Å². The van der Waals surface area contributed by atoms with Crippen molar-refractivity contribution in [3.8, 4) is 0 Å². The Morgan fingerprint density at radius 3 is 2.62 bits per heavy atom. The number of hydrogen-bond donors (Lipinski definition) is 2. The van der Waals surface area contributed by atoms with Crippen LogP contribution in [0.1, 0.15) is 18.2 Å². The van der Waals surface area contributed by atoms with Crippen molar-refractivity contribution in [3.63, 3.8) is 0 Å². The van der Waals surface area contributed by atoms with Gasteiger partial charge >= 0.3 is 0 Å². The Morgan fingerprint density at radius 2 is 1.96 bits per heavy atom. The molecule has 3 aromatic rings. The summed E-state index contributed by atoms with van der Waals surface area (Å²) >= 11 is 4.35. The van der Waals surface area contributed by atoms with Crippen LogP contribution in [0.25, 0.3) is 16.5 Å². The van der Waals surface area contributed by atoms with Gasteiger partial charge in [-0.15, -0.1) is 0 Å². The summed E-state index contributed by atoms with van der Waals surface area (Å²) in [5.41, 5.74) is 5.58. The van der Waals surface area contributed by atoms with Crippen molar-refractivity contribution in [2.75, 3.05) is 5.32 Å². The molecule has 0 fully saturated rings. The molecule has 2 heterocycles. The highest BCUT2D eigenvalue weighted by atomic mass is 32.1. The summed E-state index contributed by atoms with van der Waals surface area (Å²) in [5, 5.41) is 6.34. The zero-order valence-electron chi connectivity index (χ0n) is 14.1. The third kappa shape index (κ3) is 3.10. The van der Waals surface area contributed by atoms with Crippen molar-refractivity contribution in [3.05, 3.63) is 71.4 Å². The second-order valence-corrected chi connectivity index (χ2v) is 6.01. The number of rotatable bonds is 4. The molecule has 0 amide bonds. The maximum absolute atomic E-state index is 4.53. The maximum Gasteiger partial charge on any atom is 0.139 e. The van der Waals surface area contributed by atoms with E-state index in [9.17, 15) is 0 Å². The highest BCUT2D eigenvalue weighted by Gasteiger charge is 2.12. The summed E-state index contributed by atoms with van der Waals surface area (Å²) < 4.78 is 2.17. The molecule has 4 heteroatoms. The molecule has 3 nitrogen and oxygen atoms in total. The molecule has 24 heavy (non-hydrogen) atoms. The largest absolute Gasteiger partial charge is 0.343 e. The molecule has 0 spiro atoms. The summed E-state index contributed by atoms with van der Waals surface area (Å²) in [5.74, 6) is 0.859.